The summed E-state index contributed by atoms with van der Waals surface area (Å²) in [6.45, 7) is 1.16. The van der Waals surface area contributed by atoms with E-state index in [1.807, 2.05) is 0 Å². The number of nitrogens with one attached hydrogen (secondary N) is 1. The molecule has 1 fully saturated rings. The molecule has 0 radical (unpaired) electrons. The third-order valence-corrected chi connectivity index (χ3v) is 7.20. The summed E-state index contributed by atoms with van der Waals surface area (Å²) in [6.07, 6.45) is 3.87. The minimum Gasteiger partial charge on any atom is -0.454 e. The first-order valence-electron chi connectivity index (χ1n) is 9.46. The average molecular weight is 437 g/mol. The maximum atomic E-state index is 12.8. The van der Waals surface area contributed by atoms with Gasteiger partial charge in [-0.15, -0.1) is 0 Å². The molecule has 9 heteroatoms. The standard InChI is InChI=1S/C20H21ClN2O5S/c21-17-11-14(12-18-19(17)28-13-27-18)20(24)22-15-5-7-16(8-6-15)29(25,26)23-9-3-1-2-4-10-23/h5-8,11-12H,1-4,9-10,13H2,(H,22,24). The summed E-state index contributed by atoms with van der Waals surface area (Å²) in [5.74, 6) is 0.459. The Balaban J connectivity index is 1.48. The number of hydrogen-bond donors (Lipinski definition) is 1. The van der Waals surface area contributed by atoms with E-state index >= 15 is 0 Å². The van der Waals surface area contributed by atoms with Gasteiger partial charge in [-0.3, -0.25) is 4.79 Å². The molecule has 1 amide bonds. The van der Waals surface area contributed by atoms with Crippen LogP contribution in [0.15, 0.2) is 41.3 Å². The minimum atomic E-state index is -3.52. The molecule has 2 aromatic carbocycles. The molecule has 154 valence electrons. The molecule has 2 aliphatic heterocycles. The van der Waals surface area contributed by atoms with Gasteiger partial charge in [-0.05, 0) is 49.2 Å². The van der Waals surface area contributed by atoms with Crippen LogP contribution in [-0.4, -0.2) is 38.5 Å². The van der Waals surface area contributed by atoms with Gasteiger partial charge in [0.1, 0.15) is 0 Å². The molecule has 2 aliphatic rings. The number of hydrogen-bond acceptors (Lipinski definition) is 5. The zero-order chi connectivity index (χ0) is 20.4. The van der Waals surface area contributed by atoms with Crippen molar-refractivity contribution in [1.29, 1.82) is 0 Å². The maximum absolute atomic E-state index is 12.8. The SMILES string of the molecule is O=C(Nc1ccc(S(=O)(=O)N2CCCCCC2)cc1)c1cc(Cl)c2c(c1)OCO2. The van der Waals surface area contributed by atoms with Crippen molar-refractivity contribution in [2.24, 2.45) is 0 Å². The first-order valence-corrected chi connectivity index (χ1v) is 11.3. The number of amides is 1. The summed E-state index contributed by atoms with van der Waals surface area (Å²) in [5.41, 5.74) is 0.805. The number of rotatable bonds is 4. The second-order valence-electron chi connectivity index (χ2n) is 6.99. The number of halogens is 1. The molecule has 0 bridgehead atoms. The highest BCUT2D eigenvalue weighted by Gasteiger charge is 2.25. The van der Waals surface area contributed by atoms with Crippen LogP contribution in [0.5, 0.6) is 11.5 Å². The number of carbonyl (C=O) groups is 1. The van der Waals surface area contributed by atoms with E-state index in [1.54, 1.807) is 22.5 Å². The molecular formula is C20H21ClN2O5S. The van der Waals surface area contributed by atoms with E-state index in [1.165, 1.54) is 18.2 Å². The second-order valence-corrected chi connectivity index (χ2v) is 9.33. The van der Waals surface area contributed by atoms with Gasteiger partial charge in [0.25, 0.3) is 5.91 Å². The predicted molar refractivity (Wildman–Crippen MR) is 109 cm³/mol. The summed E-state index contributed by atoms with van der Waals surface area (Å²) < 4.78 is 37.7. The van der Waals surface area contributed by atoms with Crippen LogP contribution in [0.25, 0.3) is 0 Å². The molecule has 1 saturated heterocycles. The van der Waals surface area contributed by atoms with E-state index in [2.05, 4.69) is 5.32 Å². The van der Waals surface area contributed by atoms with Crippen LogP contribution in [0.3, 0.4) is 0 Å². The Morgan fingerprint density at radius 1 is 1.00 bits per heavy atom. The highest BCUT2D eigenvalue weighted by Crippen LogP contribution is 2.39. The van der Waals surface area contributed by atoms with Crippen LogP contribution in [0.4, 0.5) is 5.69 Å². The zero-order valence-electron chi connectivity index (χ0n) is 15.7. The molecule has 29 heavy (non-hydrogen) atoms. The van der Waals surface area contributed by atoms with Gasteiger partial charge in [0, 0.05) is 24.3 Å². The molecule has 0 spiro atoms. The Kier molecular flexibility index (Phi) is 5.67. The van der Waals surface area contributed by atoms with Gasteiger partial charge in [-0.2, -0.15) is 4.31 Å². The van der Waals surface area contributed by atoms with Crippen molar-refractivity contribution in [3.8, 4) is 11.5 Å². The van der Waals surface area contributed by atoms with E-state index in [9.17, 15) is 13.2 Å². The van der Waals surface area contributed by atoms with Crippen LogP contribution in [0.2, 0.25) is 5.02 Å². The first-order chi connectivity index (χ1) is 13.9. The van der Waals surface area contributed by atoms with Crippen molar-refractivity contribution in [2.45, 2.75) is 30.6 Å². The quantitative estimate of drug-likeness (QED) is 0.786. The number of ether oxygens (including phenoxy) is 2. The molecule has 0 atom stereocenters. The van der Waals surface area contributed by atoms with E-state index in [-0.39, 0.29) is 17.6 Å². The summed E-state index contributed by atoms with van der Waals surface area (Å²) >= 11 is 6.12. The second kappa shape index (κ2) is 8.22. The molecule has 2 aromatic rings. The molecule has 0 aliphatic carbocycles. The van der Waals surface area contributed by atoms with Gasteiger partial charge in [-0.1, -0.05) is 24.4 Å². The van der Waals surface area contributed by atoms with E-state index < -0.39 is 10.0 Å². The predicted octanol–water partition coefficient (Wildman–Crippen LogP) is 3.89. The van der Waals surface area contributed by atoms with E-state index in [0.29, 0.717) is 40.9 Å². The highest BCUT2D eigenvalue weighted by atomic mass is 35.5. The average Bonchev–Trinajstić information content (AvgIpc) is 3.01. The van der Waals surface area contributed by atoms with E-state index in [0.717, 1.165) is 25.7 Å². The lowest BCUT2D eigenvalue weighted by molar-refractivity contribution is 0.102. The molecular weight excluding hydrogens is 416 g/mol. The molecule has 0 aromatic heterocycles. The number of fused-ring (bicyclic) bond motifs is 1. The van der Waals surface area contributed by atoms with Gasteiger partial charge < -0.3 is 14.8 Å². The van der Waals surface area contributed by atoms with Crippen LogP contribution in [0, 0.1) is 0 Å². The molecule has 1 N–H and O–H groups in total. The normalized spacial score (nSPS) is 17.0. The summed E-state index contributed by atoms with van der Waals surface area (Å²) in [6, 6.07) is 9.25. The Morgan fingerprint density at radius 2 is 1.69 bits per heavy atom. The Bertz CT molecular complexity index is 1020. The van der Waals surface area contributed by atoms with Crippen molar-refractivity contribution < 1.29 is 22.7 Å². The van der Waals surface area contributed by atoms with E-state index in [4.69, 9.17) is 21.1 Å². The lowest BCUT2D eigenvalue weighted by atomic mass is 10.2. The fourth-order valence-electron chi connectivity index (χ4n) is 3.44. The highest BCUT2D eigenvalue weighted by molar-refractivity contribution is 7.89. The molecule has 0 saturated carbocycles. The van der Waals surface area contributed by atoms with Crippen LogP contribution in [-0.2, 0) is 10.0 Å². The van der Waals surface area contributed by atoms with Crippen molar-refractivity contribution >= 4 is 33.2 Å². The van der Waals surface area contributed by atoms with Gasteiger partial charge in [0.2, 0.25) is 16.8 Å². The number of carbonyl (C=O) groups excluding carboxylic acids is 1. The molecule has 2 heterocycles. The van der Waals surface area contributed by atoms with Crippen LogP contribution >= 0.6 is 11.6 Å². The third-order valence-electron chi connectivity index (χ3n) is 5.00. The monoisotopic (exact) mass is 436 g/mol. The van der Waals surface area contributed by atoms with Gasteiger partial charge in [0.15, 0.2) is 11.5 Å². The molecule has 4 rings (SSSR count). The summed E-state index contributed by atoms with van der Waals surface area (Å²) in [5, 5.41) is 3.04. The van der Waals surface area contributed by atoms with Crippen molar-refractivity contribution in [3.63, 3.8) is 0 Å². The van der Waals surface area contributed by atoms with Crippen LogP contribution in [0.1, 0.15) is 36.0 Å². The minimum absolute atomic E-state index is 0.0626. The van der Waals surface area contributed by atoms with Gasteiger partial charge >= 0.3 is 0 Å². The fourth-order valence-corrected chi connectivity index (χ4v) is 5.23. The number of sulfonamides is 1. The first kappa shape index (κ1) is 20.0. The fraction of sp³-hybridized carbons (Fsp3) is 0.350. The lowest BCUT2D eigenvalue weighted by Gasteiger charge is -2.20. The Hall–Kier alpha value is -2.29. The molecule has 0 unspecified atom stereocenters. The topological polar surface area (TPSA) is 84.9 Å². The number of nitrogens with zero attached hydrogens (tertiary/aromatic N) is 1. The van der Waals surface area contributed by atoms with Gasteiger partial charge in [0.05, 0.1) is 9.92 Å². The summed E-state index contributed by atoms with van der Waals surface area (Å²) in [4.78, 5) is 12.8. The smallest absolute Gasteiger partial charge is 0.255 e. The van der Waals surface area contributed by atoms with Crippen LogP contribution < -0.4 is 14.8 Å². The van der Waals surface area contributed by atoms with Crippen molar-refractivity contribution in [3.05, 3.63) is 47.0 Å². The zero-order valence-corrected chi connectivity index (χ0v) is 17.3. The number of anilines is 1. The molecule has 7 nitrogen and oxygen atoms in total. The third kappa shape index (κ3) is 4.19. The number of benzene rings is 2. The largest absolute Gasteiger partial charge is 0.454 e. The van der Waals surface area contributed by atoms with Crippen molar-refractivity contribution in [1.82, 2.24) is 4.31 Å². The van der Waals surface area contributed by atoms with Gasteiger partial charge in [-0.25, -0.2) is 8.42 Å². The Labute approximate surface area is 174 Å². The summed E-state index contributed by atoms with van der Waals surface area (Å²) in [7, 11) is -3.52. The van der Waals surface area contributed by atoms with Crippen molar-refractivity contribution in [2.75, 3.05) is 25.2 Å². The maximum Gasteiger partial charge on any atom is 0.255 e. The lowest BCUT2D eigenvalue weighted by Crippen LogP contribution is -2.31. The Morgan fingerprint density at radius 3 is 2.38 bits per heavy atom.